The van der Waals surface area contributed by atoms with E-state index in [4.69, 9.17) is 21.6 Å². The zero-order valence-corrected chi connectivity index (χ0v) is 14.5. The predicted octanol–water partition coefficient (Wildman–Crippen LogP) is 4.51. The van der Waals surface area contributed by atoms with Gasteiger partial charge in [0.1, 0.15) is 9.71 Å². The first-order valence-electron chi connectivity index (χ1n) is 7.39. The third-order valence-electron chi connectivity index (χ3n) is 3.46. The number of ether oxygens (including phenoxy) is 1. The van der Waals surface area contributed by atoms with Crippen molar-refractivity contribution in [1.82, 2.24) is 9.78 Å². The maximum Gasteiger partial charge on any atom is 0.348 e. The summed E-state index contributed by atoms with van der Waals surface area (Å²) in [5, 5.41) is 14.6. The van der Waals surface area contributed by atoms with Crippen molar-refractivity contribution in [2.24, 2.45) is 0 Å². The SMILES string of the molecule is Cc1nn(-c2cccc(Cl)c2)c2sc(C(=O)OCCCC#N)cc12. The van der Waals surface area contributed by atoms with Crippen LogP contribution < -0.4 is 0 Å². The molecule has 5 nitrogen and oxygen atoms in total. The molecule has 24 heavy (non-hydrogen) atoms. The highest BCUT2D eigenvalue weighted by Crippen LogP contribution is 2.31. The van der Waals surface area contributed by atoms with Gasteiger partial charge in [-0.25, -0.2) is 9.48 Å². The van der Waals surface area contributed by atoms with Gasteiger partial charge in [0.15, 0.2) is 0 Å². The summed E-state index contributed by atoms with van der Waals surface area (Å²) in [7, 11) is 0. The maximum absolute atomic E-state index is 12.1. The van der Waals surface area contributed by atoms with Crippen LogP contribution in [0.2, 0.25) is 5.02 Å². The van der Waals surface area contributed by atoms with E-state index in [0.717, 1.165) is 21.6 Å². The van der Waals surface area contributed by atoms with E-state index in [1.54, 1.807) is 16.8 Å². The van der Waals surface area contributed by atoms with Crippen molar-refractivity contribution in [2.45, 2.75) is 19.8 Å². The Hall–Kier alpha value is -2.36. The Morgan fingerprint density at radius 3 is 3.04 bits per heavy atom. The van der Waals surface area contributed by atoms with E-state index < -0.39 is 0 Å². The number of nitriles is 1. The van der Waals surface area contributed by atoms with Gasteiger partial charge in [-0.05, 0) is 37.6 Å². The zero-order chi connectivity index (χ0) is 17.1. The molecule has 1 aromatic carbocycles. The van der Waals surface area contributed by atoms with Crippen LogP contribution in [0.15, 0.2) is 30.3 Å². The minimum Gasteiger partial charge on any atom is -0.461 e. The fraction of sp³-hybridized carbons (Fsp3) is 0.235. The van der Waals surface area contributed by atoms with Crippen molar-refractivity contribution >= 4 is 39.1 Å². The number of unbranched alkanes of at least 4 members (excludes halogenated alkanes) is 1. The fourth-order valence-electron chi connectivity index (χ4n) is 2.32. The minimum atomic E-state index is -0.369. The zero-order valence-electron chi connectivity index (χ0n) is 13.0. The Balaban J connectivity index is 1.90. The number of carbonyl (C=O) groups excluding carboxylic acids is 1. The smallest absolute Gasteiger partial charge is 0.348 e. The van der Waals surface area contributed by atoms with Gasteiger partial charge in [-0.2, -0.15) is 10.4 Å². The molecular weight excluding hydrogens is 346 g/mol. The lowest BCUT2D eigenvalue weighted by molar-refractivity contribution is 0.0507. The third kappa shape index (κ3) is 3.28. The maximum atomic E-state index is 12.1. The highest BCUT2D eigenvalue weighted by molar-refractivity contribution is 7.20. The summed E-state index contributed by atoms with van der Waals surface area (Å²) in [6.45, 7) is 2.15. The molecule has 2 aromatic heterocycles. The summed E-state index contributed by atoms with van der Waals surface area (Å²) in [5.41, 5.74) is 1.68. The van der Waals surface area contributed by atoms with Gasteiger partial charge in [0.2, 0.25) is 0 Å². The number of rotatable bonds is 5. The standard InChI is InChI=1S/C17H14ClN3O2S/c1-11-14-10-15(17(22)23-8-3-2-7-19)24-16(14)21(20-11)13-6-4-5-12(18)9-13/h4-6,9-10H,2-3,8H2,1H3. The minimum absolute atomic E-state index is 0.250. The number of carbonyl (C=O) groups is 1. The first-order chi connectivity index (χ1) is 11.6. The van der Waals surface area contributed by atoms with E-state index in [2.05, 4.69) is 5.10 Å². The van der Waals surface area contributed by atoms with Gasteiger partial charge < -0.3 is 4.74 Å². The number of thiophene rings is 1. The van der Waals surface area contributed by atoms with E-state index in [9.17, 15) is 4.79 Å². The summed E-state index contributed by atoms with van der Waals surface area (Å²) >= 11 is 7.39. The van der Waals surface area contributed by atoms with Crippen molar-refractivity contribution in [3.8, 4) is 11.8 Å². The van der Waals surface area contributed by atoms with Crippen LogP contribution in [0.5, 0.6) is 0 Å². The Morgan fingerprint density at radius 1 is 1.46 bits per heavy atom. The van der Waals surface area contributed by atoms with Crippen LogP contribution in [0.3, 0.4) is 0 Å². The quantitative estimate of drug-likeness (QED) is 0.496. The number of aromatic nitrogens is 2. The molecule has 0 spiro atoms. The summed E-state index contributed by atoms with van der Waals surface area (Å²) in [6.07, 6.45) is 0.922. The molecular formula is C17H14ClN3O2S. The van der Waals surface area contributed by atoms with Crippen LogP contribution in [-0.2, 0) is 4.74 Å². The normalized spacial score (nSPS) is 10.7. The molecule has 7 heteroatoms. The molecule has 0 N–H and O–H groups in total. The monoisotopic (exact) mass is 359 g/mol. The van der Waals surface area contributed by atoms with Crippen molar-refractivity contribution < 1.29 is 9.53 Å². The van der Waals surface area contributed by atoms with Crippen LogP contribution in [0, 0.1) is 18.3 Å². The Morgan fingerprint density at radius 2 is 2.29 bits per heavy atom. The van der Waals surface area contributed by atoms with E-state index in [1.807, 2.05) is 31.2 Å². The van der Waals surface area contributed by atoms with Crippen molar-refractivity contribution in [3.63, 3.8) is 0 Å². The number of fused-ring (bicyclic) bond motifs is 1. The highest BCUT2D eigenvalue weighted by atomic mass is 35.5. The van der Waals surface area contributed by atoms with Crippen molar-refractivity contribution in [3.05, 3.63) is 45.9 Å². The van der Waals surface area contributed by atoms with Gasteiger partial charge in [0.25, 0.3) is 0 Å². The summed E-state index contributed by atoms with van der Waals surface area (Å²) in [5.74, 6) is -0.369. The molecule has 0 unspecified atom stereocenters. The molecule has 2 heterocycles. The van der Waals surface area contributed by atoms with Gasteiger partial charge >= 0.3 is 5.97 Å². The largest absolute Gasteiger partial charge is 0.461 e. The molecule has 3 rings (SSSR count). The second-order valence-corrected chi connectivity index (χ2v) is 6.67. The molecule has 0 fully saturated rings. The molecule has 0 amide bonds. The molecule has 0 aliphatic carbocycles. The van der Waals surface area contributed by atoms with E-state index in [-0.39, 0.29) is 12.6 Å². The lowest BCUT2D eigenvalue weighted by Crippen LogP contribution is -2.04. The summed E-state index contributed by atoms with van der Waals surface area (Å²) in [4.78, 5) is 13.5. The molecule has 0 aliphatic heterocycles. The molecule has 0 aliphatic rings. The number of esters is 1. The van der Waals surface area contributed by atoms with Gasteiger partial charge in [-0.3, -0.25) is 0 Å². The van der Waals surface area contributed by atoms with Crippen molar-refractivity contribution in [1.29, 1.82) is 5.26 Å². The fourth-order valence-corrected chi connectivity index (χ4v) is 3.58. The lowest BCUT2D eigenvalue weighted by Gasteiger charge is -2.03. The molecule has 0 bridgehead atoms. The molecule has 0 saturated heterocycles. The topological polar surface area (TPSA) is 67.9 Å². The van der Waals surface area contributed by atoms with Crippen LogP contribution in [-0.4, -0.2) is 22.4 Å². The molecule has 0 atom stereocenters. The number of hydrogen-bond acceptors (Lipinski definition) is 5. The highest BCUT2D eigenvalue weighted by Gasteiger charge is 2.18. The number of aryl methyl sites for hydroxylation is 1. The predicted molar refractivity (Wildman–Crippen MR) is 93.8 cm³/mol. The second-order valence-electron chi connectivity index (χ2n) is 5.20. The van der Waals surface area contributed by atoms with E-state index in [0.29, 0.717) is 22.7 Å². The third-order valence-corrected chi connectivity index (χ3v) is 4.79. The Bertz CT molecular complexity index is 939. The van der Waals surface area contributed by atoms with Crippen LogP contribution in [0.4, 0.5) is 0 Å². The molecule has 0 saturated carbocycles. The Labute approximate surface area is 148 Å². The number of nitrogens with zero attached hydrogens (tertiary/aromatic N) is 3. The first-order valence-corrected chi connectivity index (χ1v) is 8.59. The van der Waals surface area contributed by atoms with Crippen LogP contribution >= 0.6 is 22.9 Å². The van der Waals surface area contributed by atoms with Crippen LogP contribution in [0.1, 0.15) is 28.2 Å². The number of benzene rings is 1. The van der Waals surface area contributed by atoms with Crippen molar-refractivity contribution in [2.75, 3.05) is 6.61 Å². The van der Waals surface area contributed by atoms with Crippen LogP contribution in [0.25, 0.3) is 15.9 Å². The van der Waals surface area contributed by atoms with E-state index >= 15 is 0 Å². The average molecular weight is 360 g/mol. The number of hydrogen-bond donors (Lipinski definition) is 0. The summed E-state index contributed by atoms with van der Waals surface area (Å²) in [6, 6.07) is 11.2. The van der Waals surface area contributed by atoms with Gasteiger partial charge in [-0.15, -0.1) is 11.3 Å². The average Bonchev–Trinajstić information content (AvgIpc) is 3.12. The molecule has 0 radical (unpaired) electrons. The second kappa shape index (κ2) is 7.04. The molecule has 122 valence electrons. The Kier molecular flexibility index (Phi) is 4.84. The lowest BCUT2D eigenvalue weighted by atomic mass is 10.3. The summed E-state index contributed by atoms with van der Waals surface area (Å²) < 4.78 is 6.99. The van der Waals surface area contributed by atoms with Gasteiger partial charge in [-0.1, -0.05) is 17.7 Å². The first kappa shape index (κ1) is 16.5. The van der Waals surface area contributed by atoms with E-state index in [1.165, 1.54) is 11.3 Å². The molecule has 3 aromatic rings. The van der Waals surface area contributed by atoms with Gasteiger partial charge in [0, 0.05) is 16.8 Å². The van der Waals surface area contributed by atoms with Gasteiger partial charge in [0.05, 0.1) is 24.1 Å². The number of halogens is 1.